The molecule has 0 aromatic heterocycles. The molecule has 2 nitrogen and oxygen atoms in total. The topological polar surface area (TPSA) is 26.3 Å². The van der Waals surface area contributed by atoms with Crippen LogP contribution in [0.3, 0.4) is 0 Å². The number of hydrogen-bond acceptors (Lipinski definition) is 2. The van der Waals surface area contributed by atoms with Crippen molar-refractivity contribution in [2.75, 3.05) is 7.11 Å². The lowest BCUT2D eigenvalue weighted by molar-refractivity contribution is -0.133. The number of methoxy groups -OCH3 is 1. The van der Waals surface area contributed by atoms with Crippen LogP contribution in [0.5, 0.6) is 0 Å². The Morgan fingerprint density at radius 1 is 1.23 bits per heavy atom. The molecular weight excluding hydrogens is 164 g/mol. The van der Waals surface area contributed by atoms with Gasteiger partial charge < -0.3 is 4.74 Å². The lowest BCUT2D eigenvalue weighted by Gasteiger charge is -2.18. The van der Waals surface area contributed by atoms with Gasteiger partial charge in [-0.05, 0) is 19.3 Å². The summed E-state index contributed by atoms with van der Waals surface area (Å²) in [5, 5.41) is 0. The standard InChI is InChI=1S/C11H22O2/c1-5-8-10(13-4)11(12)9(6-2)7-3/h9-10H,5-8H2,1-4H3. The van der Waals surface area contributed by atoms with Crippen LogP contribution in [0, 0.1) is 5.92 Å². The molecule has 0 fully saturated rings. The summed E-state index contributed by atoms with van der Waals surface area (Å²) < 4.78 is 5.19. The maximum Gasteiger partial charge on any atom is 0.164 e. The number of ketones is 1. The van der Waals surface area contributed by atoms with Crippen molar-refractivity contribution in [1.82, 2.24) is 0 Å². The molecular formula is C11H22O2. The molecule has 2 heteroatoms. The fourth-order valence-corrected chi connectivity index (χ4v) is 1.59. The van der Waals surface area contributed by atoms with E-state index in [1.807, 2.05) is 0 Å². The first kappa shape index (κ1) is 12.6. The molecule has 0 aliphatic rings. The molecule has 0 bridgehead atoms. The van der Waals surface area contributed by atoms with E-state index >= 15 is 0 Å². The number of ether oxygens (including phenoxy) is 1. The van der Waals surface area contributed by atoms with Crippen molar-refractivity contribution in [3.05, 3.63) is 0 Å². The third-order valence-electron chi connectivity index (χ3n) is 2.54. The molecule has 1 atom stereocenters. The van der Waals surface area contributed by atoms with E-state index in [-0.39, 0.29) is 17.8 Å². The minimum Gasteiger partial charge on any atom is -0.374 e. The van der Waals surface area contributed by atoms with Crippen molar-refractivity contribution in [3.63, 3.8) is 0 Å². The average molecular weight is 186 g/mol. The van der Waals surface area contributed by atoms with Gasteiger partial charge in [0.1, 0.15) is 6.10 Å². The first-order valence-electron chi connectivity index (χ1n) is 5.27. The first-order valence-corrected chi connectivity index (χ1v) is 5.27. The summed E-state index contributed by atoms with van der Waals surface area (Å²) in [4.78, 5) is 11.8. The number of Topliss-reactive ketones (excluding diaryl/α,β-unsaturated/α-hetero) is 1. The van der Waals surface area contributed by atoms with Gasteiger partial charge in [-0.1, -0.05) is 27.2 Å². The van der Waals surface area contributed by atoms with Crippen molar-refractivity contribution >= 4 is 5.78 Å². The summed E-state index contributed by atoms with van der Waals surface area (Å²) in [5.41, 5.74) is 0. The molecule has 0 aromatic carbocycles. The molecule has 0 amide bonds. The zero-order valence-electron chi connectivity index (χ0n) is 9.30. The van der Waals surface area contributed by atoms with Crippen molar-refractivity contribution in [2.24, 2.45) is 5.92 Å². The second-order valence-corrected chi connectivity index (χ2v) is 3.43. The number of carbonyl (C=O) groups excluding carboxylic acids is 1. The van der Waals surface area contributed by atoms with E-state index in [4.69, 9.17) is 4.74 Å². The summed E-state index contributed by atoms with van der Waals surface area (Å²) in [5.74, 6) is 0.478. The SMILES string of the molecule is CCCC(OC)C(=O)C(CC)CC. The molecule has 78 valence electrons. The van der Waals surface area contributed by atoms with Gasteiger partial charge in [-0.3, -0.25) is 4.79 Å². The zero-order chi connectivity index (χ0) is 10.3. The van der Waals surface area contributed by atoms with E-state index in [0.717, 1.165) is 25.7 Å². The van der Waals surface area contributed by atoms with Gasteiger partial charge in [-0.15, -0.1) is 0 Å². The fourth-order valence-electron chi connectivity index (χ4n) is 1.59. The normalized spacial score (nSPS) is 13.3. The minimum atomic E-state index is -0.171. The predicted octanol–water partition coefficient (Wildman–Crippen LogP) is 2.81. The first-order chi connectivity index (χ1) is 6.21. The third kappa shape index (κ3) is 3.90. The number of rotatable bonds is 7. The van der Waals surface area contributed by atoms with Crippen LogP contribution in [-0.4, -0.2) is 19.0 Å². The molecule has 0 N–H and O–H groups in total. The van der Waals surface area contributed by atoms with Gasteiger partial charge in [-0.25, -0.2) is 0 Å². The Kier molecular flexibility index (Phi) is 6.87. The number of carbonyl (C=O) groups is 1. The maximum atomic E-state index is 11.8. The highest BCUT2D eigenvalue weighted by Crippen LogP contribution is 2.15. The molecule has 1 unspecified atom stereocenters. The van der Waals surface area contributed by atoms with Gasteiger partial charge in [0.05, 0.1) is 0 Å². The van der Waals surface area contributed by atoms with Crippen LogP contribution in [0.1, 0.15) is 46.5 Å². The summed E-state index contributed by atoms with van der Waals surface area (Å²) in [6.07, 6.45) is 3.54. The Morgan fingerprint density at radius 3 is 2.08 bits per heavy atom. The van der Waals surface area contributed by atoms with Gasteiger partial charge in [0.15, 0.2) is 5.78 Å². The average Bonchev–Trinajstić information content (AvgIpc) is 2.15. The molecule has 0 aliphatic carbocycles. The minimum absolute atomic E-state index is 0.171. The van der Waals surface area contributed by atoms with E-state index in [2.05, 4.69) is 20.8 Å². The second kappa shape index (κ2) is 7.07. The van der Waals surface area contributed by atoms with Crippen LogP contribution in [-0.2, 0) is 9.53 Å². The molecule has 0 rings (SSSR count). The van der Waals surface area contributed by atoms with Crippen molar-refractivity contribution in [3.8, 4) is 0 Å². The Bertz CT molecular complexity index is 139. The summed E-state index contributed by atoms with van der Waals surface area (Å²) in [6, 6.07) is 0. The number of hydrogen-bond donors (Lipinski definition) is 0. The molecule has 0 aromatic rings. The van der Waals surface area contributed by atoms with Gasteiger partial charge >= 0.3 is 0 Å². The molecule has 13 heavy (non-hydrogen) atoms. The van der Waals surface area contributed by atoms with E-state index in [1.165, 1.54) is 0 Å². The molecule has 0 aliphatic heterocycles. The molecule has 0 radical (unpaired) electrons. The Labute approximate surface area is 81.7 Å². The van der Waals surface area contributed by atoms with Crippen LogP contribution in [0.2, 0.25) is 0 Å². The smallest absolute Gasteiger partial charge is 0.164 e. The van der Waals surface area contributed by atoms with Crippen LogP contribution in [0.4, 0.5) is 0 Å². The lowest BCUT2D eigenvalue weighted by Crippen LogP contribution is -2.29. The van der Waals surface area contributed by atoms with Gasteiger partial charge in [0, 0.05) is 13.0 Å². The quantitative estimate of drug-likeness (QED) is 0.611. The van der Waals surface area contributed by atoms with Crippen LogP contribution < -0.4 is 0 Å². The molecule has 0 spiro atoms. The monoisotopic (exact) mass is 186 g/mol. The summed E-state index contributed by atoms with van der Waals surface area (Å²) in [6.45, 7) is 6.20. The Balaban J connectivity index is 4.16. The van der Waals surface area contributed by atoms with Crippen LogP contribution in [0.25, 0.3) is 0 Å². The van der Waals surface area contributed by atoms with Gasteiger partial charge in [0.2, 0.25) is 0 Å². The van der Waals surface area contributed by atoms with Crippen LogP contribution in [0.15, 0.2) is 0 Å². The zero-order valence-corrected chi connectivity index (χ0v) is 9.30. The van der Waals surface area contributed by atoms with Crippen molar-refractivity contribution in [1.29, 1.82) is 0 Å². The van der Waals surface area contributed by atoms with E-state index in [0.29, 0.717) is 0 Å². The molecule has 0 heterocycles. The highest BCUT2D eigenvalue weighted by Gasteiger charge is 2.23. The molecule has 0 saturated heterocycles. The highest BCUT2D eigenvalue weighted by molar-refractivity contribution is 5.85. The van der Waals surface area contributed by atoms with Crippen LogP contribution >= 0.6 is 0 Å². The lowest BCUT2D eigenvalue weighted by atomic mass is 9.93. The van der Waals surface area contributed by atoms with Crippen molar-refractivity contribution < 1.29 is 9.53 Å². The van der Waals surface area contributed by atoms with Crippen molar-refractivity contribution in [2.45, 2.75) is 52.6 Å². The maximum absolute atomic E-state index is 11.8. The van der Waals surface area contributed by atoms with Gasteiger partial charge in [-0.2, -0.15) is 0 Å². The highest BCUT2D eigenvalue weighted by atomic mass is 16.5. The van der Waals surface area contributed by atoms with E-state index in [1.54, 1.807) is 7.11 Å². The summed E-state index contributed by atoms with van der Waals surface area (Å²) >= 11 is 0. The summed E-state index contributed by atoms with van der Waals surface area (Å²) in [7, 11) is 1.63. The largest absolute Gasteiger partial charge is 0.374 e. The third-order valence-corrected chi connectivity index (χ3v) is 2.54. The van der Waals surface area contributed by atoms with E-state index < -0.39 is 0 Å². The Morgan fingerprint density at radius 2 is 1.77 bits per heavy atom. The molecule has 0 saturated carbocycles. The predicted molar refractivity (Wildman–Crippen MR) is 54.8 cm³/mol. The second-order valence-electron chi connectivity index (χ2n) is 3.43. The van der Waals surface area contributed by atoms with E-state index in [9.17, 15) is 4.79 Å². The van der Waals surface area contributed by atoms with Gasteiger partial charge in [0.25, 0.3) is 0 Å². The fraction of sp³-hybridized carbons (Fsp3) is 0.909. The Hall–Kier alpha value is -0.370.